The molecular weight excluding hydrogens is 306 g/mol. The minimum absolute atomic E-state index is 0.339. The van der Waals surface area contributed by atoms with Crippen molar-refractivity contribution in [3.63, 3.8) is 0 Å². The largest absolute Gasteiger partial charge is 0.490 e. The molecule has 3 aromatic rings. The van der Waals surface area contributed by atoms with E-state index in [1.54, 1.807) is 24.3 Å². The number of aryl methyl sites for hydroxylation is 1. The molecule has 122 valence electrons. The number of fused-ring (bicyclic) bond motifs is 1. The molecule has 6 nitrogen and oxygen atoms in total. The summed E-state index contributed by atoms with van der Waals surface area (Å²) < 4.78 is 11.2. The number of carbonyl (C=O) groups excluding carboxylic acids is 1. The lowest BCUT2D eigenvalue weighted by molar-refractivity contribution is 0.1000. The topological polar surface area (TPSA) is 87.3 Å². The van der Waals surface area contributed by atoms with Gasteiger partial charge in [0.2, 0.25) is 11.8 Å². The maximum absolute atomic E-state index is 11.0. The Morgan fingerprint density at radius 2 is 1.58 bits per heavy atom. The van der Waals surface area contributed by atoms with Gasteiger partial charge in [-0.3, -0.25) is 4.79 Å². The van der Waals surface area contributed by atoms with Crippen molar-refractivity contribution < 1.29 is 14.3 Å². The highest BCUT2D eigenvalue weighted by molar-refractivity contribution is 5.92. The molecule has 0 radical (unpaired) electrons. The Bertz CT molecular complexity index is 863. The molecule has 24 heavy (non-hydrogen) atoms. The van der Waals surface area contributed by atoms with Crippen LogP contribution in [0.5, 0.6) is 11.6 Å². The van der Waals surface area contributed by atoms with Crippen LogP contribution in [-0.4, -0.2) is 29.1 Å². The van der Waals surface area contributed by atoms with Crippen LogP contribution in [0.2, 0.25) is 0 Å². The minimum Gasteiger partial charge on any atom is -0.490 e. The Morgan fingerprint density at radius 1 is 0.958 bits per heavy atom. The first-order chi connectivity index (χ1) is 11.6. The number of rotatable bonds is 6. The number of benzene rings is 2. The molecule has 1 aromatic heterocycles. The third kappa shape index (κ3) is 3.60. The molecule has 0 atom stereocenters. The molecule has 2 N–H and O–H groups in total. The number of carbonyl (C=O) groups is 1. The molecule has 0 bridgehead atoms. The van der Waals surface area contributed by atoms with Crippen LogP contribution >= 0.6 is 0 Å². The molecule has 0 aliphatic rings. The van der Waals surface area contributed by atoms with Crippen molar-refractivity contribution in [2.75, 3.05) is 13.2 Å². The van der Waals surface area contributed by atoms with Crippen molar-refractivity contribution in [1.29, 1.82) is 0 Å². The summed E-state index contributed by atoms with van der Waals surface area (Å²) in [6.07, 6.45) is 0. The third-order valence-electron chi connectivity index (χ3n) is 3.43. The summed E-state index contributed by atoms with van der Waals surface area (Å²) in [5, 5.41) is 0. The zero-order chi connectivity index (χ0) is 16.9. The van der Waals surface area contributed by atoms with Crippen molar-refractivity contribution in [2.24, 2.45) is 5.73 Å². The highest BCUT2D eigenvalue weighted by Crippen LogP contribution is 2.18. The average Bonchev–Trinajstić information content (AvgIpc) is 2.59. The van der Waals surface area contributed by atoms with Crippen molar-refractivity contribution in [1.82, 2.24) is 9.97 Å². The van der Waals surface area contributed by atoms with Gasteiger partial charge in [-0.15, -0.1) is 0 Å². The Morgan fingerprint density at radius 3 is 2.25 bits per heavy atom. The first kappa shape index (κ1) is 15.7. The number of hydrogen-bond donors (Lipinski definition) is 1. The lowest BCUT2D eigenvalue weighted by Crippen LogP contribution is -2.12. The first-order valence-corrected chi connectivity index (χ1v) is 7.52. The molecule has 1 amide bonds. The summed E-state index contributed by atoms with van der Waals surface area (Å²) in [4.78, 5) is 19.9. The van der Waals surface area contributed by atoms with Crippen molar-refractivity contribution in [2.45, 2.75) is 6.92 Å². The molecule has 0 saturated heterocycles. The van der Waals surface area contributed by atoms with Gasteiger partial charge in [-0.25, -0.2) is 9.97 Å². The van der Waals surface area contributed by atoms with Gasteiger partial charge in [0.25, 0.3) is 0 Å². The van der Waals surface area contributed by atoms with Gasteiger partial charge in [-0.05, 0) is 43.3 Å². The highest BCUT2D eigenvalue weighted by atomic mass is 16.5. The average molecular weight is 323 g/mol. The summed E-state index contributed by atoms with van der Waals surface area (Å²) in [6, 6.07) is 14.3. The van der Waals surface area contributed by atoms with Gasteiger partial charge >= 0.3 is 0 Å². The molecular formula is C18H17N3O3. The SMILES string of the molecule is Cc1nc2ccccc2nc1OCCOc1ccc(C(N)=O)cc1. The second-order valence-corrected chi connectivity index (χ2v) is 5.19. The lowest BCUT2D eigenvalue weighted by Gasteiger charge is -2.10. The van der Waals surface area contributed by atoms with Gasteiger partial charge in [0.05, 0.1) is 11.0 Å². The number of nitrogens with zero attached hydrogens (tertiary/aromatic N) is 2. The predicted octanol–water partition coefficient (Wildman–Crippen LogP) is 2.49. The molecule has 1 heterocycles. The summed E-state index contributed by atoms with van der Waals surface area (Å²) in [5.41, 5.74) is 8.01. The van der Waals surface area contributed by atoms with Crippen LogP contribution in [-0.2, 0) is 0 Å². The quantitative estimate of drug-likeness (QED) is 0.704. The van der Waals surface area contributed by atoms with Crippen LogP contribution in [0.25, 0.3) is 11.0 Å². The molecule has 0 fully saturated rings. The Labute approximate surface area is 139 Å². The van der Waals surface area contributed by atoms with E-state index in [0.29, 0.717) is 30.4 Å². The summed E-state index contributed by atoms with van der Waals surface area (Å²) in [6.45, 7) is 2.55. The van der Waals surface area contributed by atoms with E-state index in [9.17, 15) is 4.79 Å². The van der Waals surface area contributed by atoms with E-state index in [0.717, 1.165) is 16.7 Å². The second kappa shape index (κ2) is 6.95. The van der Waals surface area contributed by atoms with Gasteiger partial charge in [0.15, 0.2) is 0 Å². The Hall–Kier alpha value is -3.15. The number of para-hydroxylation sites is 2. The summed E-state index contributed by atoms with van der Waals surface area (Å²) in [5.74, 6) is 0.682. The van der Waals surface area contributed by atoms with Gasteiger partial charge in [0, 0.05) is 5.56 Å². The Balaban J connectivity index is 1.56. The van der Waals surface area contributed by atoms with E-state index in [2.05, 4.69) is 9.97 Å². The van der Waals surface area contributed by atoms with Crippen molar-refractivity contribution in [3.05, 3.63) is 59.8 Å². The zero-order valence-electron chi connectivity index (χ0n) is 13.2. The fourth-order valence-electron chi connectivity index (χ4n) is 2.22. The van der Waals surface area contributed by atoms with Crippen LogP contribution in [0.3, 0.4) is 0 Å². The van der Waals surface area contributed by atoms with Gasteiger partial charge in [-0.1, -0.05) is 12.1 Å². The molecule has 6 heteroatoms. The van der Waals surface area contributed by atoms with E-state index in [1.807, 2.05) is 31.2 Å². The number of primary amides is 1. The Kier molecular flexibility index (Phi) is 4.56. The number of amides is 1. The van der Waals surface area contributed by atoms with Crippen molar-refractivity contribution >= 4 is 16.9 Å². The maximum Gasteiger partial charge on any atom is 0.248 e. The van der Waals surface area contributed by atoms with Crippen LogP contribution in [0.15, 0.2) is 48.5 Å². The van der Waals surface area contributed by atoms with E-state index >= 15 is 0 Å². The van der Waals surface area contributed by atoms with Gasteiger partial charge in [0.1, 0.15) is 24.7 Å². The minimum atomic E-state index is -0.463. The number of aromatic nitrogens is 2. The fraction of sp³-hybridized carbons (Fsp3) is 0.167. The summed E-state index contributed by atoms with van der Waals surface area (Å²) in [7, 11) is 0. The molecule has 0 aliphatic carbocycles. The molecule has 0 saturated carbocycles. The van der Waals surface area contributed by atoms with E-state index in [4.69, 9.17) is 15.2 Å². The van der Waals surface area contributed by atoms with Crippen molar-refractivity contribution in [3.8, 4) is 11.6 Å². The monoisotopic (exact) mass is 323 g/mol. The molecule has 3 rings (SSSR count). The van der Waals surface area contributed by atoms with Crippen LogP contribution in [0.4, 0.5) is 0 Å². The normalized spacial score (nSPS) is 10.5. The highest BCUT2D eigenvalue weighted by Gasteiger charge is 2.06. The van der Waals surface area contributed by atoms with Gasteiger partial charge < -0.3 is 15.2 Å². The van der Waals surface area contributed by atoms with Crippen LogP contribution < -0.4 is 15.2 Å². The van der Waals surface area contributed by atoms with Crippen LogP contribution in [0, 0.1) is 6.92 Å². The number of hydrogen-bond acceptors (Lipinski definition) is 5. The standard InChI is InChI=1S/C18H17N3O3/c1-12-18(21-16-5-3-2-4-15(16)20-12)24-11-10-23-14-8-6-13(7-9-14)17(19)22/h2-9H,10-11H2,1H3,(H2,19,22). The van der Waals surface area contributed by atoms with E-state index < -0.39 is 5.91 Å². The zero-order valence-corrected chi connectivity index (χ0v) is 13.2. The van der Waals surface area contributed by atoms with Crippen LogP contribution in [0.1, 0.15) is 16.1 Å². The molecule has 0 aliphatic heterocycles. The smallest absolute Gasteiger partial charge is 0.248 e. The molecule has 0 unspecified atom stereocenters. The number of ether oxygens (including phenoxy) is 2. The van der Waals surface area contributed by atoms with Gasteiger partial charge in [-0.2, -0.15) is 0 Å². The lowest BCUT2D eigenvalue weighted by atomic mass is 10.2. The molecule has 2 aromatic carbocycles. The number of nitrogens with two attached hydrogens (primary N) is 1. The molecule has 0 spiro atoms. The maximum atomic E-state index is 11.0. The fourth-order valence-corrected chi connectivity index (χ4v) is 2.22. The van der Waals surface area contributed by atoms with E-state index in [-0.39, 0.29) is 0 Å². The predicted molar refractivity (Wildman–Crippen MR) is 90.2 cm³/mol. The second-order valence-electron chi connectivity index (χ2n) is 5.19. The van der Waals surface area contributed by atoms with E-state index in [1.165, 1.54) is 0 Å². The third-order valence-corrected chi connectivity index (χ3v) is 3.43. The first-order valence-electron chi connectivity index (χ1n) is 7.52. The summed E-state index contributed by atoms with van der Waals surface area (Å²) >= 11 is 0.